The van der Waals surface area contributed by atoms with Gasteiger partial charge in [-0.05, 0) is 32.7 Å². The Kier molecular flexibility index (Phi) is 4.16. The third-order valence-corrected chi connectivity index (χ3v) is 3.39. The highest BCUT2D eigenvalue weighted by Gasteiger charge is 2.25. The average Bonchev–Trinajstić information content (AvgIpc) is 3.05. The van der Waals surface area contributed by atoms with Gasteiger partial charge in [0, 0.05) is 6.54 Å². The van der Waals surface area contributed by atoms with Crippen LogP contribution in [-0.2, 0) is 0 Å². The number of hydrogen-bond acceptors (Lipinski definition) is 6. The lowest BCUT2D eigenvalue weighted by Gasteiger charge is -2.20. The molecule has 0 saturated carbocycles. The first-order valence-corrected chi connectivity index (χ1v) is 6.59. The predicted octanol–water partition coefficient (Wildman–Crippen LogP) is 0.385. The van der Waals surface area contributed by atoms with Crippen LogP contribution < -0.4 is 10.6 Å². The van der Waals surface area contributed by atoms with Gasteiger partial charge in [-0.2, -0.15) is 4.98 Å². The van der Waals surface area contributed by atoms with E-state index in [2.05, 4.69) is 20.8 Å². The summed E-state index contributed by atoms with van der Waals surface area (Å²) in [6, 6.07) is 0.0489. The number of nitrogens with one attached hydrogen (secondary N) is 2. The average molecular weight is 268 g/mol. The summed E-state index contributed by atoms with van der Waals surface area (Å²) in [4.78, 5) is 15.9. The molecule has 2 atom stereocenters. The van der Waals surface area contributed by atoms with Gasteiger partial charge < -0.3 is 20.3 Å². The van der Waals surface area contributed by atoms with Gasteiger partial charge in [0.1, 0.15) is 0 Å². The maximum absolute atomic E-state index is 11.8. The van der Waals surface area contributed by atoms with Gasteiger partial charge in [0.05, 0.1) is 11.6 Å². The molecule has 1 saturated heterocycles. The zero-order valence-corrected chi connectivity index (χ0v) is 11.3. The lowest BCUT2D eigenvalue weighted by Crippen LogP contribution is -2.40. The summed E-state index contributed by atoms with van der Waals surface area (Å²) in [5.41, 5.74) is -0.921. The molecular weight excluding hydrogens is 248 g/mol. The Morgan fingerprint density at radius 1 is 1.68 bits per heavy atom. The number of hydrogen-bond donors (Lipinski definition) is 3. The minimum atomic E-state index is -0.921. The molecule has 0 bridgehead atoms. The molecular formula is C12H20N4O3. The Hall–Kier alpha value is -1.47. The van der Waals surface area contributed by atoms with Crippen LogP contribution in [-0.4, -0.2) is 39.8 Å². The molecule has 3 N–H and O–H groups in total. The highest BCUT2D eigenvalue weighted by Crippen LogP contribution is 2.20. The quantitative estimate of drug-likeness (QED) is 0.714. The molecule has 1 aromatic heterocycles. The first kappa shape index (κ1) is 14.0. The van der Waals surface area contributed by atoms with Gasteiger partial charge in [-0.1, -0.05) is 12.1 Å². The van der Waals surface area contributed by atoms with E-state index in [1.807, 2.05) is 6.92 Å². The van der Waals surface area contributed by atoms with E-state index >= 15 is 0 Å². The topological polar surface area (TPSA) is 100 Å². The lowest BCUT2D eigenvalue weighted by atomic mass is 10.0. The number of amides is 1. The van der Waals surface area contributed by atoms with Gasteiger partial charge >= 0.3 is 0 Å². The van der Waals surface area contributed by atoms with Crippen molar-refractivity contribution in [1.29, 1.82) is 0 Å². The summed E-state index contributed by atoms with van der Waals surface area (Å²) in [7, 11) is 0. The zero-order valence-electron chi connectivity index (χ0n) is 11.3. The van der Waals surface area contributed by atoms with Crippen LogP contribution in [0.4, 0.5) is 0 Å². The second kappa shape index (κ2) is 5.66. The van der Waals surface area contributed by atoms with Crippen LogP contribution in [0.25, 0.3) is 0 Å². The van der Waals surface area contributed by atoms with Gasteiger partial charge in [0.15, 0.2) is 0 Å². The van der Waals surface area contributed by atoms with E-state index in [4.69, 9.17) is 4.52 Å². The van der Waals surface area contributed by atoms with Gasteiger partial charge in [0.25, 0.3) is 11.7 Å². The minimum Gasteiger partial charge on any atom is -0.388 e. The first-order chi connectivity index (χ1) is 9.02. The summed E-state index contributed by atoms with van der Waals surface area (Å²) in [6.45, 7) is 4.60. The van der Waals surface area contributed by atoms with E-state index in [-0.39, 0.29) is 18.4 Å². The monoisotopic (exact) mass is 268 g/mol. The molecule has 1 aliphatic heterocycles. The Morgan fingerprint density at radius 3 is 3.11 bits per heavy atom. The molecule has 0 spiro atoms. The lowest BCUT2D eigenvalue weighted by molar-refractivity contribution is 0.0515. The molecule has 19 heavy (non-hydrogen) atoms. The van der Waals surface area contributed by atoms with Crippen molar-refractivity contribution in [2.75, 3.05) is 13.1 Å². The Bertz CT molecular complexity index is 438. The normalized spacial score (nSPS) is 22.2. The van der Waals surface area contributed by atoms with Crippen molar-refractivity contribution in [3.63, 3.8) is 0 Å². The standard InChI is InChI=1S/C12H20N4O3/c1-3-12(2,18)7-14-10(17)9-15-11(19-16-9)8-5-4-6-13-8/h8,13,18H,3-7H2,1-2H3,(H,14,17). The predicted molar refractivity (Wildman–Crippen MR) is 67.5 cm³/mol. The minimum absolute atomic E-state index is 0.00982. The van der Waals surface area contributed by atoms with Gasteiger partial charge in [0.2, 0.25) is 5.89 Å². The molecule has 2 heterocycles. The number of rotatable bonds is 5. The maximum atomic E-state index is 11.8. The number of carbonyl (C=O) groups excluding carboxylic acids is 1. The summed E-state index contributed by atoms with van der Waals surface area (Å²) in [5.74, 6) is 0.0298. The van der Waals surface area contributed by atoms with Gasteiger partial charge in [-0.3, -0.25) is 4.79 Å². The molecule has 7 nitrogen and oxygen atoms in total. The molecule has 0 aliphatic carbocycles. The van der Waals surface area contributed by atoms with Crippen LogP contribution >= 0.6 is 0 Å². The van der Waals surface area contributed by atoms with E-state index in [1.54, 1.807) is 6.92 Å². The van der Waals surface area contributed by atoms with E-state index in [0.717, 1.165) is 19.4 Å². The summed E-state index contributed by atoms with van der Waals surface area (Å²) in [5, 5.41) is 19.3. The number of nitrogens with zero attached hydrogens (tertiary/aromatic N) is 2. The third kappa shape index (κ3) is 3.51. The molecule has 1 aliphatic rings. The fraction of sp³-hybridized carbons (Fsp3) is 0.750. The van der Waals surface area contributed by atoms with Crippen molar-refractivity contribution >= 4 is 5.91 Å². The van der Waals surface area contributed by atoms with Crippen molar-refractivity contribution in [1.82, 2.24) is 20.8 Å². The smallest absolute Gasteiger partial charge is 0.292 e. The highest BCUT2D eigenvalue weighted by atomic mass is 16.5. The molecule has 1 fully saturated rings. The van der Waals surface area contributed by atoms with Crippen molar-refractivity contribution in [3.8, 4) is 0 Å². The second-order valence-corrected chi connectivity index (χ2v) is 5.14. The van der Waals surface area contributed by atoms with Gasteiger partial charge in [-0.25, -0.2) is 0 Å². The van der Waals surface area contributed by atoms with E-state index < -0.39 is 11.5 Å². The SMILES string of the molecule is CCC(C)(O)CNC(=O)c1noc(C2CCCN2)n1. The van der Waals surface area contributed by atoms with Crippen molar-refractivity contribution < 1.29 is 14.4 Å². The molecule has 2 unspecified atom stereocenters. The Labute approximate surface area is 111 Å². The maximum Gasteiger partial charge on any atom is 0.292 e. The number of aromatic nitrogens is 2. The molecule has 0 radical (unpaired) electrons. The molecule has 1 amide bonds. The van der Waals surface area contributed by atoms with Crippen molar-refractivity contribution in [2.45, 2.75) is 44.8 Å². The summed E-state index contributed by atoms with van der Waals surface area (Å²) >= 11 is 0. The molecule has 2 rings (SSSR count). The Morgan fingerprint density at radius 2 is 2.47 bits per heavy atom. The van der Waals surface area contributed by atoms with Gasteiger partial charge in [-0.15, -0.1) is 0 Å². The third-order valence-electron chi connectivity index (χ3n) is 3.39. The van der Waals surface area contributed by atoms with Crippen LogP contribution in [0.5, 0.6) is 0 Å². The Balaban J connectivity index is 1.92. The number of aliphatic hydroxyl groups is 1. The van der Waals surface area contributed by atoms with E-state index in [0.29, 0.717) is 12.3 Å². The van der Waals surface area contributed by atoms with E-state index in [1.165, 1.54) is 0 Å². The van der Waals surface area contributed by atoms with Crippen LogP contribution in [0.2, 0.25) is 0 Å². The van der Waals surface area contributed by atoms with Crippen LogP contribution in [0.3, 0.4) is 0 Å². The van der Waals surface area contributed by atoms with Crippen LogP contribution in [0, 0.1) is 0 Å². The summed E-state index contributed by atoms with van der Waals surface area (Å²) in [6.07, 6.45) is 2.55. The first-order valence-electron chi connectivity index (χ1n) is 6.59. The fourth-order valence-corrected chi connectivity index (χ4v) is 1.84. The second-order valence-electron chi connectivity index (χ2n) is 5.14. The molecule has 1 aromatic rings. The van der Waals surface area contributed by atoms with Crippen molar-refractivity contribution in [3.05, 3.63) is 11.7 Å². The van der Waals surface area contributed by atoms with Crippen LogP contribution in [0.15, 0.2) is 4.52 Å². The molecule has 0 aromatic carbocycles. The molecule has 7 heteroatoms. The summed E-state index contributed by atoms with van der Waals surface area (Å²) < 4.78 is 5.08. The number of carbonyl (C=O) groups is 1. The largest absolute Gasteiger partial charge is 0.388 e. The fourth-order valence-electron chi connectivity index (χ4n) is 1.84. The molecule has 106 valence electrons. The van der Waals surface area contributed by atoms with Crippen LogP contribution in [0.1, 0.15) is 55.7 Å². The van der Waals surface area contributed by atoms with Crippen molar-refractivity contribution in [2.24, 2.45) is 0 Å². The zero-order chi connectivity index (χ0) is 13.9. The van der Waals surface area contributed by atoms with E-state index in [9.17, 15) is 9.90 Å². The highest BCUT2D eigenvalue weighted by molar-refractivity contribution is 5.90.